The summed E-state index contributed by atoms with van der Waals surface area (Å²) in [6.07, 6.45) is 1.41. The molecule has 0 radical (unpaired) electrons. The zero-order valence-electron chi connectivity index (χ0n) is 14.4. The average Bonchev–Trinajstić information content (AvgIpc) is 3.22. The van der Waals surface area contributed by atoms with Gasteiger partial charge in [0.2, 0.25) is 0 Å². The topological polar surface area (TPSA) is 77.8 Å². The van der Waals surface area contributed by atoms with Gasteiger partial charge >= 0.3 is 5.97 Å². The van der Waals surface area contributed by atoms with E-state index in [1.165, 1.54) is 37.6 Å². The summed E-state index contributed by atoms with van der Waals surface area (Å²) in [5.74, 6) is -1.17. The molecular weight excluding hydrogens is 353 g/mol. The van der Waals surface area contributed by atoms with Crippen LogP contribution in [0.4, 0.5) is 10.1 Å². The van der Waals surface area contributed by atoms with Crippen molar-refractivity contribution >= 4 is 17.6 Å². The Labute approximate surface area is 154 Å². The highest BCUT2D eigenvalue weighted by Gasteiger charge is 2.11. The molecule has 1 aromatic heterocycles. The average molecular weight is 369 g/mol. The summed E-state index contributed by atoms with van der Waals surface area (Å²) in [5, 5.41) is 2.65. The lowest BCUT2D eigenvalue weighted by molar-refractivity contribution is 0.0472. The number of anilines is 1. The lowest BCUT2D eigenvalue weighted by atomic mass is 10.2. The molecule has 0 saturated heterocycles. The lowest BCUT2D eigenvalue weighted by Gasteiger charge is -2.08. The molecular formula is C20H16FNO5. The summed E-state index contributed by atoms with van der Waals surface area (Å²) >= 11 is 0. The fourth-order valence-corrected chi connectivity index (χ4v) is 2.32. The van der Waals surface area contributed by atoms with Crippen LogP contribution in [0, 0.1) is 5.82 Å². The number of hydrogen-bond acceptors (Lipinski definition) is 5. The molecule has 1 amide bonds. The second-order valence-electron chi connectivity index (χ2n) is 5.55. The van der Waals surface area contributed by atoms with E-state index in [2.05, 4.69) is 5.32 Å². The molecule has 0 aliphatic rings. The fraction of sp³-hybridized carbons (Fsp3) is 0.100. The number of benzene rings is 2. The van der Waals surface area contributed by atoms with Crippen LogP contribution >= 0.6 is 0 Å². The van der Waals surface area contributed by atoms with E-state index < -0.39 is 17.7 Å². The number of amides is 1. The maximum Gasteiger partial charge on any atom is 0.338 e. The maximum absolute atomic E-state index is 13.6. The highest BCUT2D eigenvalue weighted by Crippen LogP contribution is 2.19. The minimum atomic E-state index is -0.560. The van der Waals surface area contributed by atoms with E-state index in [0.717, 1.165) is 0 Å². The van der Waals surface area contributed by atoms with Crippen LogP contribution in [0.1, 0.15) is 26.5 Å². The Morgan fingerprint density at radius 2 is 1.89 bits per heavy atom. The van der Waals surface area contributed by atoms with Crippen LogP contribution in [0.2, 0.25) is 0 Å². The highest BCUT2D eigenvalue weighted by molar-refractivity contribution is 6.02. The molecule has 138 valence electrons. The van der Waals surface area contributed by atoms with E-state index in [-0.39, 0.29) is 18.1 Å². The van der Waals surface area contributed by atoms with E-state index in [1.54, 1.807) is 30.3 Å². The second kappa shape index (κ2) is 8.18. The van der Waals surface area contributed by atoms with Crippen molar-refractivity contribution in [3.63, 3.8) is 0 Å². The maximum atomic E-state index is 13.6. The third-order valence-electron chi connectivity index (χ3n) is 3.71. The van der Waals surface area contributed by atoms with Gasteiger partial charge in [-0.15, -0.1) is 0 Å². The molecule has 2 aromatic carbocycles. The minimum absolute atomic E-state index is 0.0727. The van der Waals surface area contributed by atoms with Crippen LogP contribution in [0.25, 0.3) is 0 Å². The number of carbonyl (C=O) groups excluding carboxylic acids is 2. The zero-order chi connectivity index (χ0) is 19.2. The van der Waals surface area contributed by atoms with Crippen molar-refractivity contribution in [1.82, 2.24) is 0 Å². The smallest absolute Gasteiger partial charge is 0.338 e. The van der Waals surface area contributed by atoms with Gasteiger partial charge in [-0.2, -0.15) is 0 Å². The summed E-state index contributed by atoms with van der Waals surface area (Å²) < 4.78 is 28.7. The largest absolute Gasteiger partial charge is 0.494 e. The first-order valence-electron chi connectivity index (χ1n) is 8.01. The SMILES string of the molecule is COc1ccc(COC(=O)c2ccc(NC(=O)c3ccco3)cc2)cc1F. The van der Waals surface area contributed by atoms with Crippen LogP contribution in [0.15, 0.2) is 65.3 Å². The first-order chi connectivity index (χ1) is 13.1. The zero-order valence-corrected chi connectivity index (χ0v) is 14.4. The second-order valence-corrected chi connectivity index (χ2v) is 5.55. The van der Waals surface area contributed by atoms with Gasteiger partial charge in [0.05, 0.1) is 18.9 Å². The van der Waals surface area contributed by atoms with Gasteiger partial charge in [0.25, 0.3) is 5.91 Å². The number of rotatable bonds is 6. The predicted molar refractivity (Wildman–Crippen MR) is 95.2 cm³/mol. The van der Waals surface area contributed by atoms with Crippen molar-refractivity contribution in [3.8, 4) is 5.75 Å². The molecule has 0 saturated carbocycles. The number of ether oxygens (including phenoxy) is 2. The number of hydrogen-bond donors (Lipinski definition) is 1. The van der Waals surface area contributed by atoms with Crippen LogP contribution in [0.3, 0.4) is 0 Å². The Morgan fingerprint density at radius 3 is 2.52 bits per heavy atom. The molecule has 0 fully saturated rings. The Kier molecular flexibility index (Phi) is 5.51. The molecule has 0 unspecified atom stereocenters. The summed E-state index contributed by atoms with van der Waals surface area (Å²) in [5.41, 5.74) is 1.31. The molecule has 0 aliphatic carbocycles. The first-order valence-corrected chi connectivity index (χ1v) is 8.01. The molecule has 0 bridgehead atoms. The van der Waals surface area contributed by atoms with Crippen LogP contribution < -0.4 is 10.1 Å². The predicted octanol–water partition coefficient (Wildman–Crippen LogP) is 4.04. The summed E-state index contributed by atoms with van der Waals surface area (Å²) in [4.78, 5) is 24.0. The Balaban J connectivity index is 1.57. The van der Waals surface area contributed by atoms with Gasteiger partial charge in [0, 0.05) is 5.69 Å². The number of furan rings is 1. The van der Waals surface area contributed by atoms with Crippen molar-refractivity contribution in [2.45, 2.75) is 6.61 Å². The van der Waals surface area contributed by atoms with Crippen molar-refractivity contribution in [1.29, 1.82) is 0 Å². The van der Waals surface area contributed by atoms with E-state index >= 15 is 0 Å². The Hall–Kier alpha value is -3.61. The van der Waals surface area contributed by atoms with E-state index in [0.29, 0.717) is 16.8 Å². The summed E-state index contributed by atoms with van der Waals surface area (Å²) in [6.45, 7) is -0.0727. The Morgan fingerprint density at radius 1 is 1.11 bits per heavy atom. The molecule has 3 rings (SSSR count). The summed E-state index contributed by atoms with van der Waals surface area (Å²) in [7, 11) is 1.37. The normalized spacial score (nSPS) is 10.3. The van der Waals surface area contributed by atoms with E-state index in [1.807, 2.05) is 0 Å². The Bertz CT molecular complexity index is 936. The van der Waals surface area contributed by atoms with Crippen molar-refractivity contribution in [2.24, 2.45) is 0 Å². The van der Waals surface area contributed by atoms with Crippen LogP contribution in [-0.4, -0.2) is 19.0 Å². The number of methoxy groups -OCH3 is 1. The minimum Gasteiger partial charge on any atom is -0.494 e. The lowest BCUT2D eigenvalue weighted by Crippen LogP contribution is -2.11. The molecule has 3 aromatic rings. The van der Waals surface area contributed by atoms with Crippen molar-refractivity contribution in [2.75, 3.05) is 12.4 Å². The summed E-state index contributed by atoms with van der Waals surface area (Å²) in [6, 6.07) is 13.7. The number of halogens is 1. The standard InChI is InChI=1S/C20H16FNO5/c1-25-17-9-4-13(11-16(17)21)12-27-20(24)14-5-7-15(8-6-14)22-19(23)18-3-2-10-26-18/h2-11H,12H2,1H3,(H,22,23). The molecule has 1 heterocycles. The fourth-order valence-electron chi connectivity index (χ4n) is 2.32. The number of esters is 1. The highest BCUT2D eigenvalue weighted by atomic mass is 19.1. The van der Waals surface area contributed by atoms with E-state index in [4.69, 9.17) is 13.9 Å². The molecule has 0 spiro atoms. The van der Waals surface area contributed by atoms with Gasteiger partial charge in [0.1, 0.15) is 6.61 Å². The van der Waals surface area contributed by atoms with Gasteiger partial charge in [-0.05, 0) is 54.1 Å². The van der Waals surface area contributed by atoms with Gasteiger partial charge < -0.3 is 19.2 Å². The van der Waals surface area contributed by atoms with Crippen molar-refractivity contribution in [3.05, 3.63) is 83.6 Å². The number of carbonyl (C=O) groups is 2. The van der Waals surface area contributed by atoms with Gasteiger partial charge in [-0.3, -0.25) is 4.79 Å². The molecule has 0 atom stereocenters. The van der Waals surface area contributed by atoms with E-state index in [9.17, 15) is 14.0 Å². The number of nitrogens with one attached hydrogen (secondary N) is 1. The third kappa shape index (κ3) is 4.52. The molecule has 0 aliphatic heterocycles. The first kappa shape index (κ1) is 18.2. The van der Waals surface area contributed by atoms with Crippen LogP contribution in [0.5, 0.6) is 5.75 Å². The molecule has 27 heavy (non-hydrogen) atoms. The quantitative estimate of drug-likeness (QED) is 0.664. The van der Waals surface area contributed by atoms with Crippen LogP contribution in [-0.2, 0) is 11.3 Å². The molecule has 6 nitrogen and oxygen atoms in total. The van der Waals surface area contributed by atoms with Gasteiger partial charge in [-0.1, -0.05) is 6.07 Å². The monoisotopic (exact) mass is 369 g/mol. The third-order valence-corrected chi connectivity index (χ3v) is 3.71. The van der Waals surface area contributed by atoms with Gasteiger partial charge in [-0.25, -0.2) is 9.18 Å². The van der Waals surface area contributed by atoms with Crippen molar-refractivity contribution < 1.29 is 27.9 Å². The molecule has 1 N–H and O–H groups in total. The molecule has 7 heteroatoms. The van der Waals surface area contributed by atoms with Gasteiger partial charge in [0.15, 0.2) is 17.3 Å².